The zero-order chi connectivity index (χ0) is 10.7. The van der Waals surface area contributed by atoms with Gasteiger partial charge in [0.2, 0.25) is 11.8 Å². The molecular formula is C9H16N2O2S. The molecule has 0 aliphatic carbocycles. The lowest BCUT2D eigenvalue weighted by atomic mass is 10.1. The third kappa shape index (κ3) is 2.20. The van der Waals surface area contributed by atoms with Crippen LogP contribution in [0.5, 0.6) is 0 Å². The molecule has 2 amide bonds. The van der Waals surface area contributed by atoms with E-state index in [4.69, 9.17) is 0 Å². The smallest absolute Gasteiger partial charge is 0.242 e. The third-order valence-electron chi connectivity index (χ3n) is 2.45. The molecular weight excluding hydrogens is 200 g/mol. The Labute approximate surface area is 89.4 Å². The van der Waals surface area contributed by atoms with Crippen molar-refractivity contribution in [3.05, 3.63) is 0 Å². The van der Waals surface area contributed by atoms with Crippen molar-refractivity contribution in [3.8, 4) is 0 Å². The van der Waals surface area contributed by atoms with Gasteiger partial charge in [0.25, 0.3) is 0 Å². The summed E-state index contributed by atoms with van der Waals surface area (Å²) in [6, 6.07) is -0.363. The fraction of sp³-hybridized carbons (Fsp3) is 0.778. The summed E-state index contributed by atoms with van der Waals surface area (Å²) in [4.78, 5) is 24.6. The predicted octanol–water partition coefficient (Wildman–Crippen LogP) is 0.0417. The molecule has 5 heteroatoms. The molecule has 0 saturated carbocycles. The summed E-state index contributed by atoms with van der Waals surface area (Å²) >= 11 is 4.18. The summed E-state index contributed by atoms with van der Waals surface area (Å²) in [5.74, 6) is -0.126. The summed E-state index contributed by atoms with van der Waals surface area (Å²) in [6.45, 7) is 4.77. The molecule has 80 valence electrons. The number of piperazine rings is 1. The molecule has 0 radical (unpaired) electrons. The van der Waals surface area contributed by atoms with Gasteiger partial charge in [-0.2, -0.15) is 12.6 Å². The van der Waals surface area contributed by atoms with Crippen LogP contribution in [0.3, 0.4) is 0 Å². The SMILES string of the molecule is CCC(S)C(=O)N1CCNC(=O)C1C. The van der Waals surface area contributed by atoms with Gasteiger partial charge < -0.3 is 10.2 Å². The van der Waals surface area contributed by atoms with Crippen LogP contribution in [0.4, 0.5) is 0 Å². The summed E-state index contributed by atoms with van der Waals surface area (Å²) < 4.78 is 0. The van der Waals surface area contributed by atoms with Crippen LogP contribution in [0.15, 0.2) is 0 Å². The predicted molar refractivity (Wildman–Crippen MR) is 57.2 cm³/mol. The number of hydrogen-bond donors (Lipinski definition) is 2. The summed E-state index contributed by atoms with van der Waals surface area (Å²) in [7, 11) is 0. The van der Waals surface area contributed by atoms with E-state index in [0.717, 1.165) is 0 Å². The highest BCUT2D eigenvalue weighted by atomic mass is 32.1. The first-order chi connectivity index (χ1) is 6.57. The van der Waals surface area contributed by atoms with E-state index >= 15 is 0 Å². The van der Waals surface area contributed by atoms with Gasteiger partial charge in [-0.25, -0.2) is 0 Å². The Kier molecular flexibility index (Phi) is 3.80. The molecule has 1 aliphatic rings. The maximum atomic E-state index is 11.8. The molecule has 0 spiro atoms. The van der Waals surface area contributed by atoms with Crippen molar-refractivity contribution in [1.82, 2.24) is 10.2 Å². The van der Waals surface area contributed by atoms with Crippen molar-refractivity contribution in [2.24, 2.45) is 0 Å². The Morgan fingerprint density at radius 2 is 2.43 bits per heavy atom. The fourth-order valence-electron chi connectivity index (χ4n) is 1.45. The summed E-state index contributed by atoms with van der Waals surface area (Å²) in [5, 5.41) is 2.43. The number of nitrogens with zero attached hydrogens (tertiary/aromatic N) is 1. The maximum Gasteiger partial charge on any atom is 0.242 e. The number of hydrogen-bond acceptors (Lipinski definition) is 3. The van der Waals surface area contributed by atoms with E-state index in [-0.39, 0.29) is 23.1 Å². The molecule has 1 aliphatic heterocycles. The second kappa shape index (κ2) is 4.68. The van der Waals surface area contributed by atoms with Crippen LogP contribution in [-0.4, -0.2) is 41.1 Å². The first kappa shape index (κ1) is 11.4. The van der Waals surface area contributed by atoms with Gasteiger partial charge in [-0.15, -0.1) is 0 Å². The Bertz CT molecular complexity index is 245. The quantitative estimate of drug-likeness (QED) is 0.640. The molecule has 14 heavy (non-hydrogen) atoms. The third-order valence-corrected chi connectivity index (χ3v) is 3.04. The molecule has 1 rings (SSSR count). The lowest BCUT2D eigenvalue weighted by molar-refractivity contribution is -0.142. The standard InChI is InChI=1S/C9H16N2O2S/c1-3-7(14)9(13)11-5-4-10-8(12)6(11)2/h6-7,14H,3-5H2,1-2H3,(H,10,12). The highest BCUT2D eigenvalue weighted by molar-refractivity contribution is 7.81. The van der Waals surface area contributed by atoms with Gasteiger partial charge >= 0.3 is 0 Å². The van der Waals surface area contributed by atoms with E-state index in [1.165, 1.54) is 0 Å². The maximum absolute atomic E-state index is 11.8. The number of amides is 2. The van der Waals surface area contributed by atoms with E-state index in [2.05, 4.69) is 17.9 Å². The largest absolute Gasteiger partial charge is 0.353 e. The average Bonchev–Trinajstić information content (AvgIpc) is 2.20. The zero-order valence-corrected chi connectivity index (χ0v) is 9.38. The molecule has 1 heterocycles. The van der Waals surface area contributed by atoms with Gasteiger partial charge in [0.1, 0.15) is 6.04 Å². The van der Waals surface area contributed by atoms with Crippen molar-refractivity contribution in [1.29, 1.82) is 0 Å². The average molecular weight is 216 g/mol. The number of rotatable bonds is 2. The van der Waals surface area contributed by atoms with E-state index in [0.29, 0.717) is 19.5 Å². The van der Waals surface area contributed by atoms with E-state index < -0.39 is 0 Å². The van der Waals surface area contributed by atoms with E-state index in [9.17, 15) is 9.59 Å². The van der Waals surface area contributed by atoms with Crippen molar-refractivity contribution in [2.45, 2.75) is 31.6 Å². The second-order valence-corrected chi connectivity index (χ2v) is 4.05. The van der Waals surface area contributed by atoms with E-state index in [1.807, 2.05) is 6.92 Å². The first-order valence-corrected chi connectivity index (χ1v) is 5.35. The highest BCUT2D eigenvalue weighted by Crippen LogP contribution is 2.11. The van der Waals surface area contributed by atoms with Crippen LogP contribution >= 0.6 is 12.6 Å². The molecule has 0 bridgehead atoms. The molecule has 0 aromatic carbocycles. The molecule has 0 aromatic rings. The van der Waals surface area contributed by atoms with Crippen LogP contribution in [0.1, 0.15) is 20.3 Å². The van der Waals surface area contributed by atoms with Gasteiger partial charge in [-0.3, -0.25) is 9.59 Å². The number of carbonyl (C=O) groups is 2. The molecule has 4 nitrogen and oxygen atoms in total. The van der Waals surface area contributed by atoms with Crippen molar-refractivity contribution in [3.63, 3.8) is 0 Å². The topological polar surface area (TPSA) is 49.4 Å². The van der Waals surface area contributed by atoms with Gasteiger partial charge in [-0.1, -0.05) is 6.92 Å². The lowest BCUT2D eigenvalue weighted by Crippen LogP contribution is -2.57. The fourth-order valence-corrected chi connectivity index (χ4v) is 1.60. The molecule has 0 aromatic heterocycles. The van der Waals surface area contributed by atoms with Crippen LogP contribution < -0.4 is 5.32 Å². The van der Waals surface area contributed by atoms with Gasteiger partial charge in [0.15, 0.2) is 0 Å². The minimum atomic E-state index is -0.363. The summed E-state index contributed by atoms with van der Waals surface area (Å²) in [6.07, 6.45) is 0.687. The Hall–Kier alpha value is -0.710. The highest BCUT2D eigenvalue weighted by Gasteiger charge is 2.31. The van der Waals surface area contributed by atoms with Crippen LogP contribution in [0.25, 0.3) is 0 Å². The molecule has 1 N–H and O–H groups in total. The lowest BCUT2D eigenvalue weighted by Gasteiger charge is -2.34. The van der Waals surface area contributed by atoms with Crippen molar-refractivity contribution in [2.75, 3.05) is 13.1 Å². The summed E-state index contributed by atoms with van der Waals surface area (Å²) in [5.41, 5.74) is 0. The second-order valence-electron chi connectivity index (χ2n) is 3.42. The number of nitrogens with one attached hydrogen (secondary N) is 1. The van der Waals surface area contributed by atoms with Crippen LogP contribution in [0.2, 0.25) is 0 Å². The Morgan fingerprint density at radius 3 is 3.00 bits per heavy atom. The normalized spacial score (nSPS) is 24.4. The Balaban J connectivity index is 2.66. The van der Waals surface area contributed by atoms with Crippen LogP contribution in [-0.2, 0) is 9.59 Å². The molecule has 2 atom stereocenters. The zero-order valence-electron chi connectivity index (χ0n) is 8.49. The molecule has 1 saturated heterocycles. The van der Waals surface area contributed by atoms with Gasteiger partial charge in [0, 0.05) is 13.1 Å². The van der Waals surface area contributed by atoms with E-state index in [1.54, 1.807) is 11.8 Å². The number of carbonyl (C=O) groups excluding carboxylic acids is 2. The Morgan fingerprint density at radius 1 is 1.79 bits per heavy atom. The molecule has 1 fully saturated rings. The number of thiol groups is 1. The monoisotopic (exact) mass is 216 g/mol. The van der Waals surface area contributed by atoms with Crippen molar-refractivity contribution >= 4 is 24.4 Å². The van der Waals surface area contributed by atoms with Crippen molar-refractivity contribution < 1.29 is 9.59 Å². The minimum absolute atomic E-state index is 0.0433. The van der Waals surface area contributed by atoms with Crippen LogP contribution in [0, 0.1) is 0 Å². The molecule has 2 unspecified atom stereocenters. The minimum Gasteiger partial charge on any atom is -0.353 e. The van der Waals surface area contributed by atoms with Gasteiger partial charge in [0.05, 0.1) is 5.25 Å². The first-order valence-electron chi connectivity index (χ1n) is 4.84. The van der Waals surface area contributed by atoms with Gasteiger partial charge in [-0.05, 0) is 13.3 Å².